The third kappa shape index (κ3) is 3.01. The van der Waals surface area contributed by atoms with Gasteiger partial charge in [-0.1, -0.05) is 13.3 Å². The lowest BCUT2D eigenvalue weighted by Crippen LogP contribution is -2.50. The molecule has 4 amide bonds. The smallest absolute Gasteiger partial charge is 0.325 e. The van der Waals surface area contributed by atoms with Crippen molar-refractivity contribution in [3.63, 3.8) is 0 Å². The van der Waals surface area contributed by atoms with E-state index in [0.717, 1.165) is 29.6 Å². The average molecular weight is 361 g/mol. The number of carbonyl (C=O) groups excluding carboxylic acids is 3. The van der Waals surface area contributed by atoms with Crippen molar-refractivity contribution in [3.05, 3.63) is 0 Å². The highest BCUT2D eigenvalue weighted by atomic mass is 16.2. The van der Waals surface area contributed by atoms with Crippen LogP contribution in [0.25, 0.3) is 0 Å². The minimum atomic E-state index is -0.764. The molecule has 1 heterocycles. The van der Waals surface area contributed by atoms with Gasteiger partial charge in [0.25, 0.3) is 5.91 Å². The quantitative estimate of drug-likeness (QED) is 0.755. The van der Waals surface area contributed by atoms with Crippen molar-refractivity contribution >= 4 is 17.8 Å². The molecule has 0 radical (unpaired) electrons. The van der Waals surface area contributed by atoms with E-state index in [2.05, 4.69) is 24.5 Å². The zero-order valence-electron chi connectivity index (χ0n) is 15.9. The van der Waals surface area contributed by atoms with Gasteiger partial charge in [-0.2, -0.15) is 0 Å². The number of rotatable bonds is 4. The third-order valence-corrected chi connectivity index (χ3v) is 7.50. The second-order valence-electron chi connectivity index (χ2n) is 9.28. The van der Waals surface area contributed by atoms with Crippen LogP contribution in [0, 0.1) is 23.7 Å². The van der Waals surface area contributed by atoms with Crippen LogP contribution in [-0.2, 0) is 9.59 Å². The monoisotopic (exact) mass is 361 g/mol. The van der Waals surface area contributed by atoms with Gasteiger partial charge in [0.1, 0.15) is 12.1 Å². The van der Waals surface area contributed by atoms with Gasteiger partial charge >= 0.3 is 6.03 Å². The normalized spacial score (nSPS) is 40.2. The van der Waals surface area contributed by atoms with Crippen LogP contribution in [0.1, 0.15) is 65.2 Å². The Kier molecular flexibility index (Phi) is 4.48. The van der Waals surface area contributed by atoms with E-state index in [0.29, 0.717) is 24.7 Å². The van der Waals surface area contributed by atoms with E-state index in [-0.39, 0.29) is 24.4 Å². The maximum Gasteiger partial charge on any atom is 0.325 e. The van der Waals surface area contributed by atoms with E-state index in [1.54, 1.807) is 0 Å². The van der Waals surface area contributed by atoms with Crippen molar-refractivity contribution < 1.29 is 14.4 Å². The van der Waals surface area contributed by atoms with Gasteiger partial charge < -0.3 is 10.6 Å². The van der Waals surface area contributed by atoms with E-state index in [1.807, 2.05) is 0 Å². The number of urea groups is 1. The molecule has 0 aromatic carbocycles. The number of hydrogen-bond acceptors (Lipinski definition) is 3. The van der Waals surface area contributed by atoms with Crippen molar-refractivity contribution in [1.29, 1.82) is 0 Å². The molecule has 1 saturated heterocycles. The van der Waals surface area contributed by atoms with Gasteiger partial charge in [0, 0.05) is 6.04 Å². The van der Waals surface area contributed by atoms with Crippen LogP contribution in [0.2, 0.25) is 0 Å². The summed E-state index contributed by atoms with van der Waals surface area (Å²) in [6.45, 7) is 4.09. The Morgan fingerprint density at radius 1 is 1.23 bits per heavy atom. The lowest BCUT2D eigenvalue weighted by molar-refractivity contribution is -0.136. The van der Waals surface area contributed by atoms with Gasteiger partial charge in [-0.3, -0.25) is 14.5 Å². The van der Waals surface area contributed by atoms with Crippen molar-refractivity contribution in [2.75, 3.05) is 6.54 Å². The maximum atomic E-state index is 12.8. The third-order valence-electron chi connectivity index (χ3n) is 7.50. The summed E-state index contributed by atoms with van der Waals surface area (Å²) in [4.78, 5) is 38.8. The summed E-state index contributed by atoms with van der Waals surface area (Å²) in [6.07, 6.45) is 8.36. The molecular weight excluding hydrogens is 330 g/mol. The Labute approximate surface area is 155 Å². The largest absolute Gasteiger partial charge is 0.352 e. The Balaban J connectivity index is 1.34. The average Bonchev–Trinajstić information content (AvgIpc) is 3.29. The highest BCUT2D eigenvalue weighted by Crippen LogP contribution is 2.49. The van der Waals surface area contributed by atoms with E-state index >= 15 is 0 Å². The van der Waals surface area contributed by atoms with Gasteiger partial charge in [0.05, 0.1) is 0 Å². The van der Waals surface area contributed by atoms with Crippen molar-refractivity contribution in [3.8, 4) is 0 Å². The number of nitrogens with one attached hydrogen (secondary N) is 2. The van der Waals surface area contributed by atoms with Crippen molar-refractivity contribution in [2.45, 2.75) is 76.8 Å². The molecule has 4 fully saturated rings. The van der Waals surface area contributed by atoms with Crippen LogP contribution in [-0.4, -0.2) is 40.9 Å². The fourth-order valence-corrected chi connectivity index (χ4v) is 5.87. The standard InChI is InChI=1S/C20H31N3O3/c1-12-5-7-20(8-6-12)18(25)23(19(26)22-20)11-17(24)21-13(2)16-10-14-3-4-15(16)9-14/h12-16H,3-11H2,1-2H3,(H,21,24)(H,22,26)/t12?,13-,14+,15+,16-,20?/m1/s1. The maximum absolute atomic E-state index is 12.8. The van der Waals surface area contributed by atoms with E-state index in [9.17, 15) is 14.4 Å². The topological polar surface area (TPSA) is 78.5 Å². The summed E-state index contributed by atoms with van der Waals surface area (Å²) in [5.74, 6) is 2.28. The molecule has 3 aliphatic carbocycles. The second-order valence-corrected chi connectivity index (χ2v) is 9.28. The summed E-state index contributed by atoms with van der Waals surface area (Å²) in [5.41, 5.74) is -0.764. The molecule has 1 spiro atoms. The lowest BCUT2D eigenvalue weighted by Gasteiger charge is -2.33. The zero-order chi connectivity index (χ0) is 18.5. The molecule has 3 saturated carbocycles. The summed E-state index contributed by atoms with van der Waals surface area (Å²) in [7, 11) is 0. The molecule has 0 aromatic heterocycles. The molecule has 26 heavy (non-hydrogen) atoms. The van der Waals surface area contributed by atoms with E-state index < -0.39 is 11.6 Å². The highest BCUT2D eigenvalue weighted by Gasteiger charge is 2.52. The predicted molar refractivity (Wildman–Crippen MR) is 97.2 cm³/mol. The zero-order valence-corrected chi connectivity index (χ0v) is 15.9. The number of fused-ring (bicyclic) bond motifs is 2. The molecule has 1 aliphatic heterocycles. The Bertz CT molecular complexity index is 611. The molecule has 2 bridgehead atoms. The fraction of sp³-hybridized carbons (Fsp3) is 0.850. The van der Waals surface area contributed by atoms with Crippen LogP contribution in [0.5, 0.6) is 0 Å². The second kappa shape index (κ2) is 6.54. The minimum Gasteiger partial charge on any atom is -0.352 e. The van der Waals surface area contributed by atoms with Crippen LogP contribution in [0.15, 0.2) is 0 Å². The SMILES string of the molecule is CC1CCC2(CC1)NC(=O)N(CC(=O)N[C@H](C)[C@H]1C[C@H]3CC[C@H]1C3)C2=O. The number of hydrogen-bond donors (Lipinski definition) is 2. The minimum absolute atomic E-state index is 0.114. The summed E-state index contributed by atoms with van der Waals surface area (Å²) in [5, 5.41) is 5.94. The lowest BCUT2D eigenvalue weighted by atomic mass is 9.77. The highest BCUT2D eigenvalue weighted by molar-refractivity contribution is 6.09. The molecule has 0 unspecified atom stereocenters. The number of carbonyl (C=O) groups is 3. The van der Waals surface area contributed by atoms with Crippen LogP contribution in [0.3, 0.4) is 0 Å². The Hall–Kier alpha value is -1.59. The Morgan fingerprint density at radius 3 is 2.58 bits per heavy atom. The molecule has 4 rings (SSSR count). The van der Waals surface area contributed by atoms with E-state index in [4.69, 9.17) is 0 Å². The number of amides is 4. The van der Waals surface area contributed by atoms with Gasteiger partial charge in [-0.15, -0.1) is 0 Å². The molecule has 0 aromatic rings. The number of nitrogens with zero attached hydrogens (tertiary/aromatic N) is 1. The number of imide groups is 1. The van der Waals surface area contributed by atoms with Crippen LogP contribution >= 0.6 is 0 Å². The van der Waals surface area contributed by atoms with Gasteiger partial charge in [-0.05, 0) is 75.5 Å². The fourth-order valence-electron chi connectivity index (χ4n) is 5.87. The summed E-state index contributed by atoms with van der Waals surface area (Å²) >= 11 is 0. The first-order valence-corrected chi connectivity index (χ1v) is 10.3. The van der Waals surface area contributed by atoms with Crippen LogP contribution < -0.4 is 10.6 Å². The van der Waals surface area contributed by atoms with Gasteiger partial charge in [-0.25, -0.2) is 4.79 Å². The molecule has 6 nitrogen and oxygen atoms in total. The summed E-state index contributed by atoms with van der Waals surface area (Å²) in [6, 6.07) is -0.296. The molecule has 4 aliphatic rings. The molecular formula is C20H31N3O3. The van der Waals surface area contributed by atoms with Crippen molar-refractivity contribution in [1.82, 2.24) is 15.5 Å². The Morgan fingerprint density at radius 2 is 1.96 bits per heavy atom. The molecule has 6 heteroatoms. The first-order chi connectivity index (χ1) is 12.4. The molecule has 2 N–H and O–H groups in total. The van der Waals surface area contributed by atoms with Crippen LogP contribution in [0.4, 0.5) is 4.79 Å². The molecule has 144 valence electrons. The van der Waals surface area contributed by atoms with Crippen molar-refractivity contribution in [2.24, 2.45) is 23.7 Å². The van der Waals surface area contributed by atoms with Gasteiger partial charge in [0.2, 0.25) is 5.91 Å². The first kappa shape index (κ1) is 17.8. The summed E-state index contributed by atoms with van der Waals surface area (Å²) < 4.78 is 0. The first-order valence-electron chi connectivity index (χ1n) is 10.3. The van der Waals surface area contributed by atoms with Gasteiger partial charge in [0.15, 0.2) is 0 Å². The molecule has 4 atom stereocenters. The van der Waals surface area contributed by atoms with E-state index in [1.165, 1.54) is 25.7 Å². The predicted octanol–water partition coefficient (Wildman–Crippen LogP) is 2.43.